The molecule has 0 saturated heterocycles. The van der Waals surface area contributed by atoms with Gasteiger partial charge in [-0.25, -0.2) is 24.7 Å². The Balaban J connectivity index is 1.76. The molecule has 0 atom stereocenters. The van der Waals surface area contributed by atoms with Crippen LogP contribution in [0.4, 0.5) is 10.6 Å². The highest BCUT2D eigenvalue weighted by Gasteiger charge is 2.12. The van der Waals surface area contributed by atoms with Crippen LogP contribution in [0, 0.1) is 11.8 Å². The molecule has 0 bridgehead atoms. The Kier molecular flexibility index (Phi) is 5.99. The third-order valence-corrected chi connectivity index (χ3v) is 4.21. The lowest BCUT2D eigenvalue weighted by molar-refractivity contribution is 0.252. The van der Waals surface area contributed by atoms with Crippen LogP contribution in [0.5, 0.6) is 0 Å². The predicted octanol–water partition coefficient (Wildman–Crippen LogP) is 2.42. The van der Waals surface area contributed by atoms with Gasteiger partial charge in [0.2, 0.25) is 0 Å². The van der Waals surface area contributed by atoms with Crippen LogP contribution in [0.3, 0.4) is 0 Å². The number of carbonyl (C=O) groups is 1. The van der Waals surface area contributed by atoms with Crippen molar-refractivity contribution in [3.8, 4) is 34.4 Å². The summed E-state index contributed by atoms with van der Waals surface area (Å²) in [7, 11) is 0. The lowest BCUT2D eigenvalue weighted by Gasteiger charge is -2.09. The van der Waals surface area contributed by atoms with Gasteiger partial charge in [-0.3, -0.25) is 10.3 Å². The summed E-state index contributed by atoms with van der Waals surface area (Å²) >= 11 is 0. The Hall–Kier alpha value is -4.78. The summed E-state index contributed by atoms with van der Waals surface area (Å²) in [4.78, 5) is 35.9. The Morgan fingerprint density at radius 1 is 1.12 bits per heavy atom. The number of hydrogen-bond donors (Lipinski definition) is 3. The Morgan fingerprint density at radius 2 is 2.00 bits per heavy atom. The van der Waals surface area contributed by atoms with Gasteiger partial charge in [-0.2, -0.15) is 0 Å². The second-order valence-electron chi connectivity index (χ2n) is 6.45. The van der Waals surface area contributed by atoms with Crippen molar-refractivity contribution in [3.63, 3.8) is 0 Å². The molecule has 10 heteroatoms. The quantitative estimate of drug-likeness (QED) is 0.425. The zero-order valence-corrected chi connectivity index (χ0v) is 16.9. The molecule has 0 unspecified atom stereocenters. The number of pyridine rings is 3. The van der Waals surface area contributed by atoms with E-state index in [0.717, 1.165) is 0 Å². The van der Waals surface area contributed by atoms with E-state index >= 15 is 0 Å². The van der Waals surface area contributed by atoms with Crippen molar-refractivity contribution >= 4 is 11.8 Å². The fourth-order valence-corrected chi connectivity index (χ4v) is 2.80. The summed E-state index contributed by atoms with van der Waals surface area (Å²) in [6, 6.07) is 8.50. The van der Waals surface area contributed by atoms with E-state index in [-0.39, 0.29) is 11.9 Å². The van der Waals surface area contributed by atoms with E-state index in [0.29, 0.717) is 40.3 Å². The van der Waals surface area contributed by atoms with Gasteiger partial charge in [0.25, 0.3) is 5.89 Å². The first-order chi connectivity index (χ1) is 15.6. The van der Waals surface area contributed by atoms with E-state index in [1.54, 1.807) is 36.8 Å². The minimum Gasteiger partial charge on any atom is -0.388 e. The molecule has 0 aliphatic carbocycles. The number of aromatic amines is 1. The van der Waals surface area contributed by atoms with E-state index in [9.17, 15) is 9.59 Å². The summed E-state index contributed by atoms with van der Waals surface area (Å²) in [6.07, 6.45) is 6.41. The van der Waals surface area contributed by atoms with E-state index in [4.69, 9.17) is 4.42 Å². The molecular weight excluding hydrogens is 410 g/mol. The van der Waals surface area contributed by atoms with E-state index in [2.05, 4.69) is 47.6 Å². The lowest BCUT2D eigenvalue weighted by atomic mass is 10.0. The van der Waals surface area contributed by atoms with Crippen molar-refractivity contribution in [2.75, 3.05) is 11.9 Å². The van der Waals surface area contributed by atoms with E-state index in [1.807, 2.05) is 19.1 Å². The molecular formula is C22H17N7O3. The Morgan fingerprint density at radius 3 is 2.75 bits per heavy atom. The van der Waals surface area contributed by atoms with Crippen molar-refractivity contribution in [1.82, 2.24) is 30.5 Å². The predicted molar refractivity (Wildman–Crippen MR) is 116 cm³/mol. The smallest absolute Gasteiger partial charge is 0.388 e. The normalized spacial score (nSPS) is 10.2. The van der Waals surface area contributed by atoms with Gasteiger partial charge in [0.1, 0.15) is 11.5 Å². The zero-order chi connectivity index (χ0) is 22.3. The Labute approximate surface area is 182 Å². The maximum atomic E-state index is 11.9. The molecule has 0 aliphatic heterocycles. The van der Waals surface area contributed by atoms with Crippen LogP contribution < -0.4 is 16.4 Å². The summed E-state index contributed by atoms with van der Waals surface area (Å²) < 4.78 is 5.01. The third kappa shape index (κ3) is 4.85. The van der Waals surface area contributed by atoms with E-state index < -0.39 is 5.76 Å². The Bertz CT molecular complexity index is 1370. The van der Waals surface area contributed by atoms with Crippen molar-refractivity contribution in [2.24, 2.45) is 0 Å². The highest BCUT2D eigenvalue weighted by molar-refractivity contribution is 5.89. The van der Waals surface area contributed by atoms with Crippen LogP contribution in [0.2, 0.25) is 0 Å². The van der Waals surface area contributed by atoms with Gasteiger partial charge < -0.3 is 9.73 Å². The number of aromatic nitrogens is 5. The topological polar surface area (TPSA) is 139 Å². The molecule has 0 radical (unpaired) electrons. The van der Waals surface area contributed by atoms with Crippen molar-refractivity contribution < 1.29 is 9.21 Å². The summed E-state index contributed by atoms with van der Waals surface area (Å²) in [5, 5.41) is 11.4. The lowest BCUT2D eigenvalue weighted by Crippen LogP contribution is -2.28. The number of H-pyrrole nitrogens is 1. The van der Waals surface area contributed by atoms with Crippen LogP contribution >= 0.6 is 0 Å². The minimum atomic E-state index is -0.658. The monoisotopic (exact) mass is 427 g/mol. The van der Waals surface area contributed by atoms with Crippen molar-refractivity contribution in [1.29, 1.82) is 0 Å². The van der Waals surface area contributed by atoms with Gasteiger partial charge in [0.05, 0.1) is 5.56 Å². The van der Waals surface area contributed by atoms with Gasteiger partial charge in [0.15, 0.2) is 0 Å². The van der Waals surface area contributed by atoms with Crippen LogP contribution in [0.25, 0.3) is 22.6 Å². The maximum Gasteiger partial charge on any atom is 0.434 e. The second kappa shape index (κ2) is 9.36. The fraction of sp³-hybridized carbons (Fsp3) is 0.0909. The minimum absolute atomic E-state index is 0.118. The number of carbonyl (C=O) groups excluding carboxylic acids is 1. The van der Waals surface area contributed by atoms with Crippen molar-refractivity contribution in [2.45, 2.75) is 6.92 Å². The number of nitrogens with one attached hydrogen (secondary N) is 3. The highest BCUT2D eigenvalue weighted by atomic mass is 16.4. The van der Waals surface area contributed by atoms with Crippen LogP contribution in [0.1, 0.15) is 18.2 Å². The van der Waals surface area contributed by atoms with Gasteiger partial charge in [0, 0.05) is 48.0 Å². The highest BCUT2D eigenvalue weighted by Crippen LogP contribution is 2.27. The summed E-state index contributed by atoms with van der Waals surface area (Å²) in [6.45, 7) is 2.30. The second-order valence-corrected chi connectivity index (χ2v) is 6.45. The number of urea groups is 1. The molecule has 10 nitrogen and oxygen atoms in total. The first-order valence-corrected chi connectivity index (χ1v) is 9.61. The molecule has 0 spiro atoms. The first kappa shape index (κ1) is 20.5. The van der Waals surface area contributed by atoms with E-state index in [1.165, 1.54) is 6.20 Å². The van der Waals surface area contributed by atoms with Crippen LogP contribution in [0.15, 0.2) is 64.3 Å². The van der Waals surface area contributed by atoms with Crippen molar-refractivity contribution in [3.05, 3.63) is 76.9 Å². The molecule has 2 amide bonds. The average Bonchev–Trinajstić information content (AvgIpc) is 3.25. The standard InChI is InChI=1S/C22H17N7O3/c1-2-24-21(30)27-19-10-14(6-7-17-5-3-4-8-25-17)18(13-26-19)15-9-16(12-23-11-15)20-28-29-22(31)32-20/h3-5,8-13H,2H2,1H3,(H,29,31)(H2,24,26,27,30). The molecule has 4 aromatic rings. The average molecular weight is 427 g/mol. The van der Waals surface area contributed by atoms with Gasteiger partial charge >= 0.3 is 11.8 Å². The zero-order valence-electron chi connectivity index (χ0n) is 16.9. The molecule has 0 aromatic carbocycles. The largest absolute Gasteiger partial charge is 0.434 e. The SMILES string of the molecule is CCNC(=O)Nc1cc(C#Cc2ccccn2)c(-c2cncc(-c3n[nH]c(=O)o3)c2)cn1. The molecule has 32 heavy (non-hydrogen) atoms. The molecule has 4 heterocycles. The van der Waals surface area contributed by atoms with Crippen LogP contribution in [-0.2, 0) is 0 Å². The number of rotatable bonds is 4. The maximum absolute atomic E-state index is 11.9. The summed E-state index contributed by atoms with van der Waals surface area (Å²) in [5.41, 5.74) is 3.05. The van der Waals surface area contributed by atoms with Gasteiger partial charge in [-0.05, 0) is 37.1 Å². The van der Waals surface area contributed by atoms with Gasteiger partial charge in [-0.1, -0.05) is 12.0 Å². The number of nitrogens with zero attached hydrogens (tertiary/aromatic N) is 4. The van der Waals surface area contributed by atoms with Gasteiger partial charge in [-0.15, -0.1) is 5.10 Å². The first-order valence-electron chi connectivity index (χ1n) is 9.61. The number of hydrogen-bond acceptors (Lipinski definition) is 7. The number of amides is 2. The molecule has 3 N–H and O–H groups in total. The molecule has 0 aliphatic rings. The molecule has 0 fully saturated rings. The fourth-order valence-electron chi connectivity index (χ4n) is 2.80. The molecule has 4 aromatic heterocycles. The van der Waals surface area contributed by atoms with Crippen LogP contribution in [-0.4, -0.2) is 37.7 Å². The molecule has 158 valence electrons. The molecule has 4 rings (SSSR count). The molecule has 0 saturated carbocycles. The summed E-state index contributed by atoms with van der Waals surface area (Å²) in [5.74, 6) is 5.90. The third-order valence-electron chi connectivity index (χ3n) is 4.21. The number of anilines is 1.